The van der Waals surface area contributed by atoms with Gasteiger partial charge in [0.1, 0.15) is 0 Å². The lowest BCUT2D eigenvalue weighted by molar-refractivity contribution is -0.00733. The summed E-state index contributed by atoms with van der Waals surface area (Å²) < 4.78 is 5.87. The molecule has 2 heteroatoms. The molecule has 1 unspecified atom stereocenters. The van der Waals surface area contributed by atoms with Gasteiger partial charge in [-0.05, 0) is 26.2 Å². The summed E-state index contributed by atoms with van der Waals surface area (Å²) in [5.74, 6) is 0. The van der Waals surface area contributed by atoms with Gasteiger partial charge in [-0.2, -0.15) is 0 Å². The highest BCUT2D eigenvalue weighted by atomic mass is 28.2. The molecule has 1 aliphatic rings. The zero-order valence-corrected chi connectivity index (χ0v) is 9.98. The Morgan fingerprint density at radius 1 is 1.42 bits per heavy atom. The number of ether oxygens (including phenoxy) is 1. The Hall–Kier alpha value is 0.177. The van der Waals surface area contributed by atoms with Gasteiger partial charge in [0.2, 0.25) is 0 Å². The van der Waals surface area contributed by atoms with Crippen LogP contribution in [0.5, 0.6) is 0 Å². The Kier molecular flexibility index (Phi) is 4.30. The molecule has 0 amide bonds. The van der Waals surface area contributed by atoms with Crippen molar-refractivity contribution in [2.75, 3.05) is 6.61 Å². The predicted octanol–water partition coefficient (Wildman–Crippen LogP) is 2.29. The van der Waals surface area contributed by atoms with E-state index in [2.05, 4.69) is 13.8 Å². The van der Waals surface area contributed by atoms with Gasteiger partial charge in [0, 0.05) is 11.8 Å². The van der Waals surface area contributed by atoms with Crippen LogP contribution >= 0.6 is 0 Å². The molecule has 0 aromatic heterocycles. The van der Waals surface area contributed by atoms with Gasteiger partial charge < -0.3 is 4.74 Å². The van der Waals surface area contributed by atoms with E-state index < -0.39 is 0 Å². The minimum absolute atomic E-state index is 0.0359. The number of hydrogen-bond donors (Lipinski definition) is 0. The Morgan fingerprint density at radius 3 is 2.83 bits per heavy atom. The lowest BCUT2D eigenvalue weighted by atomic mass is 10.1. The van der Waals surface area contributed by atoms with Crippen LogP contribution in [0.25, 0.3) is 0 Å². The third-order valence-corrected chi connectivity index (χ3v) is 5.33. The molecule has 0 aromatic carbocycles. The summed E-state index contributed by atoms with van der Waals surface area (Å²) in [6.07, 6.45) is 6.80. The van der Waals surface area contributed by atoms with E-state index in [0.29, 0.717) is 5.22 Å². The first-order valence-corrected chi connectivity index (χ1v) is 7.11. The molecule has 0 aromatic rings. The molecule has 0 saturated carbocycles. The van der Waals surface area contributed by atoms with Crippen molar-refractivity contribution in [2.24, 2.45) is 0 Å². The molecule has 0 N–H and O–H groups in total. The van der Waals surface area contributed by atoms with Crippen LogP contribution in [0, 0.1) is 0 Å². The maximum absolute atomic E-state index is 5.87. The van der Waals surface area contributed by atoms with Crippen LogP contribution in [0.3, 0.4) is 0 Å². The van der Waals surface area contributed by atoms with E-state index in [9.17, 15) is 0 Å². The molecule has 1 heterocycles. The van der Waals surface area contributed by atoms with Gasteiger partial charge in [0.15, 0.2) is 0 Å². The lowest BCUT2D eigenvalue weighted by Gasteiger charge is -2.33. The maximum Gasteiger partial charge on any atom is 0.0591 e. The molecule has 0 radical (unpaired) electrons. The molecule has 1 aliphatic heterocycles. The van der Waals surface area contributed by atoms with E-state index in [-0.39, 0.29) is 9.52 Å². The van der Waals surface area contributed by atoms with Crippen LogP contribution < -0.4 is 0 Å². The summed E-state index contributed by atoms with van der Waals surface area (Å²) in [4.78, 5) is 0. The summed E-state index contributed by atoms with van der Waals surface area (Å²) in [7, 11) is 0.0359. The molecular formula is C10H22OSi. The van der Waals surface area contributed by atoms with Crippen molar-refractivity contribution in [3.63, 3.8) is 0 Å². The Morgan fingerprint density at radius 2 is 2.25 bits per heavy atom. The van der Waals surface area contributed by atoms with E-state index in [0.717, 1.165) is 6.61 Å². The second-order valence-electron chi connectivity index (χ2n) is 4.21. The summed E-state index contributed by atoms with van der Waals surface area (Å²) in [5, 5.41) is 0.368. The predicted molar refractivity (Wildman–Crippen MR) is 56.5 cm³/mol. The van der Waals surface area contributed by atoms with Crippen LogP contribution in [0.2, 0.25) is 6.04 Å². The quantitative estimate of drug-likeness (QED) is 0.483. The number of rotatable bonds is 4. The zero-order chi connectivity index (χ0) is 8.86. The average Bonchev–Trinajstić information content (AvgIpc) is 2.06. The van der Waals surface area contributed by atoms with Crippen LogP contribution in [-0.2, 0) is 4.74 Å². The summed E-state index contributed by atoms with van der Waals surface area (Å²) in [6, 6.07) is 1.48. The molecule has 0 aliphatic carbocycles. The number of unbranched alkanes of at least 4 members (excludes halogenated alkanes) is 1. The van der Waals surface area contributed by atoms with Crippen molar-refractivity contribution in [3.05, 3.63) is 0 Å². The smallest absolute Gasteiger partial charge is 0.0591 e. The minimum Gasteiger partial charge on any atom is -0.379 e. The molecule has 72 valence electrons. The highest BCUT2D eigenvalue weighted by Gasteiger charge is 2.26. The molecule has 1 atom stereocenters. The highest BCUT2D eigenvalue weighted by Crippen LogP contribution is 2.24. The molecular weight excluding hydrogens is 164 g/mol. The standard InChI is InChI=1S/C10H22OSi/c1-3-4-9-12-10(2)7-5-6-8-11-10/h3-9,12H2,1-2H3. The van der Waals surface area contributed by atoms with E-state index in [1.54, 1.807) is 0 Å². The van der Waals surface area contributed by atoms with Gasteiger partial charge >= 0.3 is 0 Å². The van der Waals surface area contributed by atoms with Crippen molar-refractivity contribution >= 4 is 9.52 Å². The van der Waals surface area contributed by atoms with Crippen molar-refractivity contribution in [1.29, 1.82) is 0 Å². The van der Waals surface area contributed by atoms with Gasteiger partial charge in [-0.3, -0.25) is 0 Å². The average molecular weight is 186 g/mol. The molecule has 0 spiro atoms. The zero-order valence-electron chi connectivity index (χ0n) is 8.57. The largest absolute Gasteiger partial charge is 0.379 e. The fraction of sp³-hybridized carbons (Fsp3) is 1.00. The first kappa shape index (κ1) is 10.3. The summed E-state index contributed by atoms with van der Waals surface area (Å²) in [5.41, 5.74) is 0. The lowest BCUT2D eigenvalue weighted by Crippen LogP contribution is -2.38. The van der Waals surface area contributed by atoms with Crippen LogP contribution in [-0.4, -0.2) is 21.4 Å². The van der Waals surface area contributed by atoms with E-state index >= 15 is 0 Å². The van der Waals surface area contributed by atoms with Crippen LogP contribution in [0.15, 0.2) is 0 Å². The normalized spacial score (nSPS) is 31.5. The number of hydrogen-bond acceptors (Lipinski definition) is 1. The van der Waals surface area contributed by atoms with Gasteiger partial charge in [0.25, 0.3) is 0 Å². The summed E-state index contributed by atoms with van der Waals surface area (Å²) in [6.45, 7) is 5.64. The Labute approximate surface area is 78.7 Å². The SMILES string of the molecule is CCCC[SiH2]C1(C)CCCCO1. The van der Waals surface area contributed by atoms with Gasteiger partial charge in [-0.1, -0.05) is 25.8 Å². The molecule has 0 bridgehead atoms. The van der Waals surface area contributed by atoms with Crippen molar-refractivity contribution in [1.82, 2.24) is 0 Å². The fourth-order valence-electron chi connectivity index (χ4n) is 1.94. The van der Waals surface area contributed by atoms with Gasteiger partial charge in [-0.15, -0.1) is 0 Å². The third kappa shape index (κ3) is 3.28. The second kappa shape index (κ2) is 5.03. The summed E-state index contributed by atoms with van der Waals surface area (Å²) >= 11 is 0. The molecule has 12 heavy (non-hydrogen) atoms. The monoisotopic (exact) mass is 186 g/mol. The molecule has 1 rings (SSSR count). The topological polar surface area (TPSA) is 9.23 Å². The third-order valence-electron chi connectivity index (χ3n) is 2.86. The Bertz CT molecular complexity index is 119. The minimum atomic E-state index is 0.0359. The van der Waals surface area contributed by atoms with Crippen molar-refractivity contribution in [3.8, 4) is 0 Å². The van der Waals surface area contributed by atoms with Gasteiger partial charge in [0.05, 0.1) is 9.52 Å². The maximum atomic E-state index is 5.87. The van der Waals surface area contributed by atoms with E-state index in [1.165, 1.54) is 38.1 Å². The van der Waals surface area contributed by atoms with Crippen LogP contribution in [0.1, 0.15) is 46.0 Å². The van der Waals surface area contributed by atoms with Crippen LogP contribution in [0.4, 0.5) is 0 Å². The van der Waals surface area contributed by atoms with Gasteiger partial charge in [-0.25, -0.2) is 0 Å². The second-order valence-corrected chi connectivity index (χ2v) is 6.92. The highest BCUT2D eigenvalue weighted by molar-refractivity contribution is 6.39. The van der Waals surface area contributed by atoms with Crippen molar-refractivity contribution in [2.45, 2.75) is 57.2 Å². The Balaban J connectivity index is 2.17. The van der Waals surface area contributed by atoms with E-state index in [1.807, 2.05) is 0 Å². The first-order valence-electron chi connectivity index (χ1n) is 5.41. The molecule has 1 fully saturated rings. The van der Waals surface area contributed by atoms with E-state index in [4.69, 9.17) is 4.74 Å². The first-order chi connectivity index (χ1) is 5.77. The molecule has 1 nitrogen and oxygen atoms in total. The fourth-order valence-corrected chi connectivity index (χ4v) is 4.22. The van der Waals surface area contributed by atoms with Crippen molar-refractivity contribution < 1.29 is 4.74 Å². The molecule has 1 saturated heterocycles.